The average Bonchev–Trinajstić information content (AvgIpc) is 2.80. The molecule has 3 N–H and O–H groups in total. The summed E-state index contributed by atoms with van der Waals surface area (Å²) in [5.74, 6) is 0.462. The Balaban J connectivity index is 1.33. The number of ether oxygens (including phenoxy) is 1. The van der Waals surface area contributed by atoms with Crippen molar-refractivity contribution < 1.29 is 19.7 Å². The maximum Gasteiger partial charge on any atom is 0.258 e. The zero-order valence-corrected chi connectivity index (χ0v) is 18.2. The first-order valence-corrected chi connectivity index (χ1v) is 10.6. The lowest BCUT2D eigenvalue weighted by molar-refractivity contribution is 0.0948. The summed E-state index contributed by atoms with van der Waals surface area (Å²) in [5.41, 5.74) is 3.70. The van der Waals surface area contributed by atoms with Gasteiger partial charge in [0.05, 0.1) is 0 Å². The number of hydrogen-bond acceptors (Lipinski definition) is 5. The highest BCUT2D eigenvalue weighted by Crippen LogP contribution is 2.29. The smallest absolute Gasteiger partial charge is 0.258 e. The summed E-state index contributed by atoms with van der Waals surface area (Å²) in [6, 6.07) is 22.3. The van der Waals surface area contributed by atoms with Crippen LogP contribution in [-0.2, 0) is 6.42 Å². The van der Waals surface area contributed by atoms with Gasteiger partial charge < -0.3 is 20.3 Å². The second-order valence-electron chi connectivity index (χ2n) is 7.69. The molecule has 6 nitrogen and oxygen atoms in total. The standard InChI is InChI=1S/C27H24N2O4/c1-18-15-24(30)26(25(31)16-18)27(32)29-14-9-19-5-7-22(8-6-19)33-23-4-2-3-21(17-23)20-10-12-28-13-11-20/h2-8,10-13,15-17,30-31H,9,14H2,1H3,(H,29,32). The van der Waals surface area contributed by atoms with Gasteiger partial charge in [-0.05, 0) is 84.1 Å². The number of aromatic hydroxyl groups is 2. The number of aryl methyl sites for hydroxylation is 1. The number of nitrogens with one attached hydrogen (secondary N) is 1. The van der Waals surface area contributed by atoms with Crippen molar-refractivity contribution in [1.82, 2.24) is 10.3 Å². The molecule has 0 saturated carbocycles. The highest BCUT2D eigenvalue weighted by atomic mass is 16.5. The number of rotatable bonds is 7. The topological polar surface area (TPSA) is 91.7 Å². The van der Waals surface area contributed by atoms with Gasteiger partial charge in [-0.3, -0.25) is 9.78 Å². The SMILES string of the molecule is Cc1cc(O)c(C(=O)NCCc2ccc(Oc3cccc(-c4ccncc4)c3)cc2)c(O)c1. The van der Waals surface area contributed by atoms with E-state index in [1.54, 1.807) is 19.3 Å². The van der Waals surface area contributed by atoms with Crippen molar-refractivity contribution in [2.75, 3.05) is 6.54 Å². The maximum absolute atomic E-state index is 12.3. The number of amides is 1. The fourth-order valence-corrected chi connectivity index (χ4v) is 3.53. The molecule has 0 radical (unpaired) electrons. The van der Waals surface area contributed by atoms with Gasteiger partial charge in [-0.15, -0.1) is 0 Å². The molecular formula is C27H24N2O4. The van der Waals surface area contributed by atoms with Gasteiger partial charge in [0.15, 0.2) is 0 Å². The minimum atomic E-state index is -0.515. The molecule has 1 amide bonds. The number of hydrogen-bond donors (Lipinski definition) is 3. The van der Waals surface area contributed by atoms with Crippen molar-refractivity contribution in [3.8, 4) is 34.1 Å². The predicted octanol–water partition coefficient (Wildman–Crippen LogP) is 5.23. The monoisotopic (exact) mass is 440 g/mol. The Morgan fingerprint density at radius 2 is 1.58 bits per heavy atom. The molecule has 166 valence electrons. The van der Waals surface area contributed by atoms with Crippen LogP contribution in [0.5, 0.6) is 23.0 Å². The Kier molecular flexibility index (Phi) is 6.55. The minimum absolute atomic E-state index is 0.113. The Morgan fingerprint density at radius 1 is 0.879 bits per heavy atom. The van der Waals surface area contributed by atoms with E-state index in [-0.39, 0.29) is 17.1 Å². The maximum atomic E-state index is 12.3. The number of pyridine rings is 1. The number of phenolic OH excluding ortho intramolecular Hbond substituents is 2. The molecule has 0 unspecified atom stereocenters. The molecular weight excluding hydrogens is 416 g/mol. The number of nitrogens with zero attached hydrogens (tertiary/aromatic N) is 1. The number of benzene rings is 3. The van der Waals surface area contributed by atoms with E-state index < -0.39 is 5.91 Å². The molecule has 0 spiro atoms. The van der Waals surface area contributed by atoms with Crippen molar-refractivity contribution in [3.63, 3.8) is 0 Å². The molecule has 1 aromatic heterocycles. The van der Waals surface area contributed by atoms with Crippen LogP contribution in [0.4, 0.5) is 0 Å². The molecule has 0 aliphatic carbocycles. The van der Waals surface area contributed by atoms with Crippen LogP contribution in [0.25, 0.3) is 11.1 Å². The van der Waals surface area contributed by atoms with E-state index >= 15 is 0 Å². The fraction of sp³-hybridized carbons (Fsp3) is 0.111. The van der Waals surface area contributed by atoms with Gasteiger partial charge >= 0.3 is 0 Å². The van der Waals surface area contributed by atoms with Gasteiger partial charge in [0.2, 0.25) is 0 Å². The van der Waals surface area contributed by atoms with Gasteiger partial charge in [0, 0.05) is 18.9 Å². The second kappa shape index (κ2) is 9.87. The Bertz CT molecular complexity index is 1230. The van der Waals surface area contributed by atoms with Gasteiger partial charge in [-0.2, -0.15) is 0 Å². The quantitative estimate of drug-likeness (QED) is 0.366. The lowest BCUT2D eigenvalue weighted by Gasteiger charge is -2.10. The number of aromatic nitrogens is 1. The summed E-state index contributed by atoms with van der Waals surface area (Å²) < 4.78 is 5.99. The summed E-state index contributed by atoms with van der Waals surface area (Å²) in [7, 11) is 0. The van der Waals surface area contributed by atoms with E-state index in [4.69, 9.17) is 4.74 Å². The molecule has 0 saturated heterocycles. The summed E-state index contributed by atoms with van der Waals surface area (Å²) >= 11 is 0. The van der Waals surface area contributed by atoms with Gasteiger partial charge in [0.25, 0.3) is 5.91 Å². The lowest BCUT2D eigenvalue weighted by Crippen LogP contribution is -2.25. The van der Waals surface area contributed by atoms with Crippen molar-refractivity contribution in [2.45, 2.75) is 13.3 Å². The number of phenols is 2. The first-order chi connectivity index (χ1) is 16.0. The molecule has 0 bridgehead atoms. The van der Waals surface area contributed by atoms with Crippen molar-refractivity contribution in [3.05, 3.63) is 102 Å². The van der Waals surface area contributed by atoms with E-state index in [2.05, 4.69) is 10.3 Å². The number of carbonyl (C=O) groups excluding carboxylic acids is 1. The molecule has 4 aromatic rings. The third-order valence-electron chi connectivity index (χ3n) is 5.17. The van der Waals surface area contributed by atoms with Crippen LogP contribution < -0.4 is 10.1 Å². The molecule has 1 heterocycles. The van der Waals surface area contributed by atoms with E-state index in [0.717, 1.165) is 22.4 Å². The first kappa shape index (κ1) is 21.9. The summed E-state index contributed by atoms with van der Waals surface area (Å²) in [4.78, 5) is 16.4. The van der Waals surface area contributed by atoms with Crippen molar-refractivity contribution in [1.29, 1.82) is 0 Å². The van der Waals surface area contributed by atoms with Crippen LogP contribution in [-0.4, -0.2) is 27.6 Å². The Labute approximate surface area is 192 Å². The second-order valence-corrected chi connectivity index (χ2v) is 7.69. The minimum Gasteiger partial charge on any atom is -0.507 e. The van der Waals surface area contributed by atoms with E-state index in [1.165, 1.54) is 12.1 Å². The highest BCUT2D eigenvalue weighted by molar-refractivity contribution is 5.99. The third-order valence-corrected chi connectivity index (χ3v) is 5.17. The van der Waals surface area contributed by atoms with Crippen LogP contribution in [0.15, 0.2) is 85.2 Å². The van der Waals surface area contributed by atoms with Crippen LogP contribution >= 0.6 is 0 Å². The molecule has 33 heavy (non-hydrogen) atoms. The Hall–Kier alpha value is -4.32. The normalized spacial score (nSPS) is 10.6. The van der Waals surface area contributed by atoms with Gasteiger partial charge in [-0.25, -0.2) is 0 Å². The average molecular weight is 440 g/mol. The predicted molar refractivity (Wildman–Crippen MR) is 127 cm³/mol. The zero-order chi connectivity index (χ0) is 23.2. The van der Waals surface area contributed by atoms with Crippen LogP contribution in [0.2, 0.25) is 0 Å². The molecule has 0 aliphatic rings. The van der Waals surface area contributed by atoms with Crippen molar-refractivity contribution >= 4 is 5.91 Å². The van der Waals surface area contributed by atoms with Crippen LogP contribution in [0.1, 0.15) is 21.5 Å². The van der Waals surface area contributed by atoms with Gasteiger partial charge in [0.1, 0.15) is 28.6 Å². The molecule has 6 heteroatoms. The third kappa shape index (κ3) is 5.49. The summed E-state index contributed by atoms with van der Waals surface area (Å²) in [5, 5.41) is 22.6. The van der Waals surface area contributed by atoms with Gasteiger partial charge in [-0.1, -0.05) is 24.3 Å². The van der Waals surface area contributed by atoms with E-state index in [0.29, 0.717) is 24.3 Å². The molecule has 0 aliphatic heterocycles. The van der Waals surface area contributed by atoms with E-state index in [1.807, 2.05) is 60.7 Å². The Morgan fingerprint density at radius 3 is 2.27 bits per heavy atom. The largest absolute Gasteiger partial charge is 0.507 e. The first-order valence-electron chi connectivity index (χ1n) is 10.6. The fourth-order valence-electron chi connectivity index (χ4n) is 3.53. The number of carbonyl (C=O) groups is 1. The zero-order valence-electron chi connectivity index (χ0n) is 18.2. The summed E-state index contributed by atoms with van der Waals surface area (Å²) in [6.45, 7) is 2.09. The molecule has 0 atom stereocenters. The molecule has 0 fully saturated rings. The summed E-state index contributed by atoms with van der Waals surface area (Å²) in [6.07, 6.45) is 4.11. The molecule has 3 aromatic carbocycles. The van der Waals surface area contributed by atoms with Crippen molar-refractivity contribution in [2.24, 2.45) is 0 Å². The van der Waals surface area contributed by atoms with E-state index in [9.17, 15) is 15.0 Å². The highest BCUT2D eigenvalue weighted by Gasteiger charge is 2.16. The lowest BCUT2D eigenvalue weighted by atomic mass is 10.1. The van der Waals surface area contributed by atoms with Crippen LogP contribution in [0, 0.1) is 6.92 Å². The molecule has 4 rings (SSSR count). The van der Waals surface area contributed by atoms with Crippen LogP contribution in [0.3, 0.4) is 0 Å².